The minimum Gasteiger partial charge on any atom is -0.247 e. The summed E-state index contributed by atoms with van der Waals surface area (Å²) in [6.45, 7) is 2.34. The highest BCUT2D eigenvalue weighted by atomic mass is 19.2. The van der Waals surface area contributed by atoms with E-state index in [0.29, 0.717) is 31.1 Å². The van der Waals surface area contributed by atoms with Gasteiger partial charge in [0, 0.05) is 0 Å². The minimum atomic E-state index is -1.36. The van der Waals surface area contributed by atoms with E-state index >= 15 is 4.39 Å². The first kappa shape index (κ1) is 22.0. The molecule has 4 rings (SSSR count). The van der Waals surface area contributed by atoms with Crippen molar-refractivity contribution in [3.8, 4) is 0 Å². The number of halogens is 3. The SMILES string of the molecule is CCC1CCC(C2CCC(C3CCC(C4CCC(F)C(F)C4)C(F)C3)CC2)CC1. The maximum Gasteiger partial charge on any atom is 0.131 e. The van der Waals surface area contributed by atoms with E-state index in [9.17, 15) is 8.78 Å². The van der Waals surface area contributed by atoms with Crippen molar-refractivity contribution in [3.63, 3.8) is 0 Å². The topological polar surface area (TPSA) is 0 Å². The predicted octanol–water partition coefficient (Wildman–Crippen LogP) is 8.24. The highest BCUT2D eigenvalue weighted by Crippen LogP contribution is 2.49. The van der Waals surface area contributed by atoms with Crippen LogP contribution in [0.25, 0.3) is 0 Å². The third-order valence-electron chi connectivity index (χ3n) is 9.82. The standard InChI is InChI=1S/C26H43F3/c1-2-17-3-5-18(6-4-17)19-7-9-20(10-8-19)21-11-13-23(25(28)15-21)22-12-14-24(27)26(29)16-22/h17-26H,2-16H2,1H3. The zero-order valence-electron chi connectivity index (χ0n) is 18.5. The van der Waals surface area contributed by atoms with Crippen LogP contribution in [0.4, 0.5) is 13.2 Å². The molecule has 6 atom stereocenters. The molecule has 29 heavy (non-hydrogen) atoms. The second-order valence-corrected chi connectivity index (χ2v) is 11.2. The smallest absolute Gasteiger partial charge is 0.131 e. The van der Waals surface area contributed by atoms with Crippen molar-refractivity contribution in [1.82, 2.24) is 0 Å². The molecule has 4 saturated carbocycles. The Balaban J connectivity index is 1.21. The van der Waals surface area contributed by atoms with E-state index in [2.05, 4.69) is 6.92 Å². The van der Waals surface area contributed by atoms with Crippen molar-refractivity contribution >= 4 is 0 Å². The lowest BCUT2D eigenvalue weighted by Gasteiger charge is -2.44. The Labute approximate surface area is 176 Å². The van der Waals surface area contributed by atoms with Gasteiger partial charge in [-0.15, -0.1) is 0 Å². The number of hydrogen-bond donors (Lipinski definition) is 0. The molecule has 0 bridgehead atoms. The fourth-order valence-corrected chi connectivity index (χ4v) is 7.78. The molecule has 4 aliphatic carbocycles. The highest BCUT2D eigenvalue weighted by Gasteiger charge is 2.42. The average molecular weight is 413 g/mol. The van der Waals surface area contributed by atoms with Gasteiger partial charge in [-0.1, -0.05) is 26.2 Å². The van der Waals surface area contributed by atoms with Crippen molar-refractivity contribution in [2.45, 2.75) is 122 Å². The third kappa shape index (κ3) is 5.17. The Hall–Kier alpha value is -0.210. The van der Waals surface area contributed by atoms with Crippen molar-refractivity contribution in [2.24, 2.45) is 41.4 Å². The summed E-state index contributed by atoms with van der Waals surface area (Å²) < 4.78 is 42.3. The van der Waals surface area contributed by atoms with Gasteiger partial charge in [0.25, 0.3) is 0 Å². The van der Waals surface area contributed by atoms with Crippen LogP contribution in [0.3, 0.4) is 0 Å². The molecule has 0 aliphatic heterocycles. The van der Waals surface area contributed by atoms with E-state index in [1.165, 1.54) is 57.8 Å². The average Bonchev–Trinajstić information content (AvgIpc) is 2.76. The molecule has 0 aromatic carbocycles. The third-order valence-corrected chi connectivity index (χ3v) is 9.82. The van der Waals surface area contributed by atoms with Crippen LogP contribution in [0.2, 0.25) is 0 Å². The van der Waals surface area contributed by atoms with Crippen molar-refractivity contribution in [1.29, 1.82) is 0 Å². The maximum atomic E-state index is 15.1. The van der Waals surface area contributed by atoms with E-state index in [4.69, 9.17) is 0 Å². The van der Waals surface area contributed by atoms with Crippen LogP contribution >= 0.6 is 0 Å². The highest BCUT2D eigenvalue weighted by molar-refractivity contribution is 4.92. The molecule has 3 heteroatoms. The quantitative estimate of drug-likeness (QED) is 0.436. The molecule has 0 aromatic rings. The fourth-order valence-electron chi connectivity index (χ4n) is 7.78. The van der Waals surface area contributed by atoms with Gasteiger partial charge in [-0.3, -0.25) is 0 Å². The van der Waals surface area contributed by atoms with Gasteiger partial charge in [-0.2, -0.15) is 0 Å². The van der Waals surface area contributed by atoms with Gasteiger partial charge < -0.3 is 0 Å². The van der Waals surface area contributed by atoms with E-state index in [-0.39, 0.29) is 18.3 Å². The summed E-state index contributed by atoms with van der Waals surface area (Å²) in [7, 11) is 0. The van der Waals surface area contributed by atoms with Crippen LogP contribution < -0.4 is 0 Å². The molecule has 4 fully saturated rings. The molecule has 0 spiro atoms. The summed E-state index contributed by atoms with van der Waals surface area (Å²) in [5.74, 6) is 4.18. The summed E-state index contributed by atoms with van der Waals surface area (Å²) in [5.41, 5.74) is 0. The largest absolute Gasteiger partial charge is 0.247 e. The molecule has 0 heterocycles. The molecule has 4 aliphatic rings. The molecule has 0 saturated heterocycles. The van der Waals surface area contributed by atoms with Crippen molar-refractivity contribution in [3.05, 3.63) is 0 Å². The van der Waals surface area contributed by atoms with Crippen LogP contribution in [0.1, 0.15) is 103 Å². The maximum absolute atomic E-state index is 15.1. The Kier molecular flexibility index (Phi) is 7.54. The summed E-state index contributed by atoms with van der Waals surface area (Å²) >= 11 is 0. The summed E-state index contributed by atoms with van der Waals surface area (Å²) in [5, 5.41) is 0. The van der Waals surface area contributed by atoms with Gasteiger partial charge >= 0.3 is 0 Å². The molecule has 168 valence electrons. The van der Waals surface area contributed by atoms with Gasteiger partial charge in [0.1, 0.15) is 18.5 Å². The predicted molar refractivity (Wildman–Crippen MR) is 114 cm³/mol. The lowest BCUT2D eigenvalue weighted by atomic mass is 9.63. The molecular weight excluding hydrogens is 369 g/mol. The number of rotatable bonds is 4. The van der Waals surface area contributed by atoms with Gasteiger partial charge in [-0.25, -0.2) is 13.2 Å². The molecule has 0 aromatic heterocycles. The zero-order chi connectivity index (χ0) is 20.4. The Morgan fingerprint density at radius 3 is 1.52 bits per heavy atom. The van der Waals surface area contributed by atoms with Crippen LogP contribution in [-0.4, -0.2) is 18.5 Å². The lowest BCUT2D eigenvalue weighted by molar-refractivity contribution is 0.00451. The van der Waals surface area contributed by atoms with Crippen molar-refractivity contribution < 1.29 is 13.2 Å². The molecule has 6 unspecified atom stereocenters. The van der Waals surface area contributed by atoms with Crippen LogP contribution in [0, 0.1) is 41.4 Å². The minimum absolute atomic E-state index is 0.0120. The molecule has 0 N–H and O–H groups in total. The van der Waals surface area contributed by atoms with Crippen LogP contribution in [0.5, 0.6) is 0 Å². The fraction of sp³-hybridized carbons (Fsp3) is 1.00. The first-order valence-electron chi connectivity index (χ1n) is 13.0. The Bertz CT molecular complexity index is 492. The zero-order valence-corrected chi connectivity index (χ0v) is 18.5. The molecule has 0 radical (unpaired) electrons. The van der Waals surface area contributed by atoms with E-state index in [1.807, 2.05) is 0 Å². The van der Waals surface area contributed by atoms with Gasteiger partial charge in [0.15, 0.2) is 0 Å². The van der Waals surface area contributed by atoms with Gasteiger partial charge in [-0.05, 0) is 118 Å². The molecule has 0 amide bonds. The second-order valence-electron chi connectivity index (χ2n) is 11.2. The van der Waals surface area contributed by atoms with Gasteiger partial charge in [0.2, 0.25) is 0 Å². The summed E-state index contributed by atoms with van der Waals surface area (Å²) in [6, 6.07) is 0. The number of alkyl halides is 3. The van der Waals surface area contributed by atoms with E-state index in [0.717, 1.165) is 30.6 Å². The second kappa shape index (κ2) is 9.94. The van der Waals surface area contributed by atoms with Gasteiger partial charge in [0.05, 0.1) is 0 Å². The molecule has 0 nitrogen and oxygen atoms in total. The first-order valence-corrected chi connectivity index (χ1v) is 13.0. The summed E-state index contributed by atoms with van der Waals surface area (Å²) in [6.07, 6.45) is 13.0. The van der Waals surface area contributed by atoms with E-state index in [1.54, 1.807) is 0 Å². The van der Waals surface area contributed by atoms with Crippen molar-refractivity contribution in [2.75, 3.05) is 0 Å². The normalized spacial score (nSPS) is 49.7. The van der Waals surface area contributed by atoms with E-state index < -0.39 is 18.5 Å². The monoisotopic (exact) mass is 412 g/mol. The Morgan fingerprint density at radius 2 is 0.966 bits per heavy atom. The van der Waals surface area contributed by atoms with Crippen LogP contribution in [0.15, 0.2) is 0 Å². The first-order chi connectivity index (χ1) is 14.0. The van der Waals surface area contributed by atoms with Crippen LogP contribution in [-0.2, 0) is 0 Å². The lowest BCUT2D eigenvalue weighted by Crippen LogP contribution is -2.39. The number of hydrogen-bond acceptors (Lipinski definition) is 0. The summed E-state index contributed by atoms with van der Waals surface area (Å²) in [4.78, 5) is 0. The Morgan fingerprint density at radius 1 is 0.483 bits per heavy atom. The molecular formula is C26H43F3.